The second-order valence-corrected chi connectivity index (χ2v) is 8.23. The van der Waals surface area contributed by atoms with Gasteiger partial charge in [0, 0.05) is 12.7 Å². The molecule has 1 aromatic carbocycles. The molecule has 0 bridgehead atoms. The van der Waals surface area contributed by atoms with Crippen molar-refractivity contribution in [1.29, 1.82) is 0 Å². The molecule has 4 N–H and O–H groups in total. The second kappa shape index (κ2) is 7.90. The minimum absolute atomic E-state index is 0.0264. The molecule has 11 heteroatoms. The second-order valence-electron chi connectivity index (χ2n) is 4.55. The van der Waals surface area contributed by atoms with Crippen LogP contribution >= 0.6 is 11.6 Å². The molecule has 0 saturated carbocycles. The summed E-state index contributed by atoms with van der Waals surface area (Å²) in [6.45, 7) is 4.62. The highest BCUT2D eigenvalue weighted by Crippen LogP contribution is 2.31. The Hall–Kier alpha value is -1.72. The molecule has 0 amide bonds. The molecule has 0 spiro atoms. The molecule has 0 aliphatic heterocycles. The number of benzene rings is 1. The fourth-order valence-electron chi connectivity index (χ4n) is 1.58. The first-order chi connectivity index (χ1) is 11.0. The number of primary sulfonamides is 1. The first kappa shape index (κ1) is 20.3. The number of hydrogen-bond acceptors (Lipinski definition) is 6. The van der Waals surface area contributed by atoms with Gasteiger partial charge in [-0.15, -0.1) is 6.58 Å². The van der Waals surface area contributed by atoms with Crippen LogP contribution in [0.2, 0.25) is 5.02 Å². The average molecular weight is 394 g/mol. The van der Waals surface area contributed by atoms with Crippen LogP contribution in [0.1, 0.15) is 6.92 Å². The van der Waals surface area contributed by atoms with E-state index in [2.05, 4.69) is 16.6 Å². The van der Waals surface area contributed by atoms with Crippen molar-refractivity contribution in [3.8, 4) is 0 Å². The normalized spacial score (nSPS) is 12.3. The highest BCUT2D eigenvalue weighted by molar-refractivity contribution is 7.90. The summed E-state index contributed by atoms with van der Waals surface area (Å²) in [5.41, 5.74) is -0.0264. The third-order valence-electron chi connectivity index (χ3n) is 2.60. The fraction of sp³-hybridized carbons (Fsp3) is 0.154. The Labute approximate surface area is 145 Å². The van der Waals surface area contributed by atoms with Crippen LogP contribution in [0.4, 0.5) is 5.69 Å². The molecule has 1 rings (SSSR count). The van der Waals surface area contributed by atoms with Crippen molar-refractivity contribution < 1.29 is 21.6 Å². The lowest BCUT2D eigenvalue weighted by atomic mass is 10.3. The van der Waals surface area contributed by atoms with Crippen molar-refractivity contribution in [2.24, 2.45) is 5.14 Å². The van der Waals surface area contributed by atoms with Gasteiger partial charge in [-0.1, -0.05) is 17.7 Å². The van der Waals surface area contributed by atoms with E-state index in [-0.39, 0.29) is 23.0 Å². The summed E-state index contributed by atoms with van der Waals surface area (Å²) >= 11 is 5.86. The van der Waals surface area contributed by atoms with Crippen LogP contribution in [0.25, 0.3) is 0 Å². The molecule has 1 aromatic rings. The van der Waals surface area contributed by atoms with Crippen LogP contribution in [-0.4, -0.2) is 29.2 Å². The van der Waals surface area contributed by atoms with Crippen LogP contribution in [0.15, 0.2) is 46.9 Å². The number of allylic oxidation sites excluding steroid dienone is 1. The van der Waals surface area contributed by atoms with E-state index in [9.17, 15) is 21.6 Å². The molecule has 0 heterocycles. The van der Waals surface area contributed by atoms with E-state index < -0.39 is 29.8 Å². The van der Waals surface area contributed by atoms with Gasteiger partial charge >= 0.3 is 0 Å². The van der Waals surface area contributed by atoms with Crippen LogP contribution in [0.3, 0.4) is 0 Å². The molecule has 24 heavy (non-hydrogen) atoms. The zero-order valence-corrected chi connectivity index (χ0v) is 15.0. The molecular weight excluding hydrogens is 378 g/mol. The van der Waals surface area contributed by atoms with Gasteiger partial charge < -0.3 is 5.32 Å². The van der Waals surface area contributed by atoms with Gasteiger partial charge in [0.2, 0.25) is 20.0 Å². The van der Waals surface area contributed by atoms with Gasteiger partial charge in [0.05, 0.1) is 10.7 Å². The zero-order chi connectivity index (χ0) is 18.5. The molecular formula is C13H16ClN3O5S2. The number of nitrogens with two attached hydrogens (primary N) is 1. The van der Waals surface area contributed by atoms with Crippen molar-refractivity contribution in [3.05, 3.63) is 42.1 Å². The molecule has 8 nitrogen and oxygen atoms in total. The summed E-state index contributed by atoms with van der Waals surface area (Å²) in [6, 6.07) is 1.93. The maximum absolute atomic E-state index is 12.3. The molecule has 0 aliphatic rings. The first-order valence-corrected chi connectivity index (χ1v) is 9.80. The van der Waals surface area contributed by atoms with Gasteiger partial charge in [-0.2, -0.15) is 0 Å². The topological polar surface area (TPSA) is 135 Å². The molecule has 0 unspecified atom stereocenters. The summed E-state index contributed by atoms with van der Waals surface area (Å²) < 4.78 is 50.0. The van der Waals surface area contributed by atoms with E-state index in [0.717, 1.165) is 18.2 Å². The van der Waals surface area contributed by atoms with Crippen molar-refractivity contribution in [2.45, 2.75) is 16.7 Å². The minimum Gasteiger partial charge on any atom is -0.360 e. The monoisotopic (exact) mass is 393 g/mol. The smallest absolute Gasteiger partial charge is 0.242 e. The Morgan fingerprint density at radius 3 is 2.42 bits per heavy atom. The Morgan fingerprint density at radius 2 is 1.92 bits per heavy atom. The van der Waals surface area contributed by atoms with Crippen molar-refractivity contribution >= 4 is 43.1 Å². The van der Waals surface area contributed by atoms with Gasteiger partial charge in [0.1, 0.15) is 9.79 Å². The number of ketones is 1. The summed E-state index contributed by atoms with van der Waals surface area (Å²) in [5.74, 6) is -0.274. The average Bonchev–Trinajstić information content (AvgIpc) is 2.43. The number of anilines is 1. The third-order valence-corrected chi connectivity index (χ3v) is 5.44. The van der Waals surface area contributed by atoms with Gasteiger partial charge in [0.25, 0.3) is 0 Å². The van der Waals surface area contributed by atoms with Crippen LogP contribution in [0, 0.1) is 0 Å². The Kier molecular flexibility index (Phi) is 6.69. The minimum atomic E-state index is -4.23. The van der Waals surface area contributed by atoms with E-state index in [4.69, 9.17) is 16.7 Å². The maximum atomic E-state index is 12.3. The highest BCUT2D eigenvalue weighted by Gasteiger charge is 2.24. The Bertz CT molecular complexity index is 892. The van der Waals surface area contributed by atoms with Gasteiger partial charge in [-0.05, 0) is 25.1 Å². The quantitative estimate of drug-likeness (QED) is 0.444. The lowest BCUT2D eigenvalue weighted by molar-refractivity contribution is -0.112. The number of nitrogens with one attached hydrogen (secondary N) is 2. The predicted molar refractivity (Wildman–Crippen MR) is 91.7 cm³/mol. The largest absolute Gasteiger partial charge is 0.360 e. The summed E-state index contributed by atoms with van der Waals surface area (Å²) in [7, 11) is -8.32. The number of carbonyl (C=O) groups excluding carboxylic acids is 1. The number of sulfonamides is 2. The van der Waals surface area contributed by atoms with Gasteiger partial charge in [-0.3, -0.25) is 4.79 Å². The maximum Gasteiger partial charge on any atom is 0.242 e. The lowest BCUT2D eigenvalue weighted by Crippen LogP contribution is -2.25. The fourth-order valence-corrected chi connectivity index (χ4v) is 3.93. The highest BCUT2D eigenvalue weighted by atomic mass is 35.5. The Balaban J connectivity index is 3.54. The van der Waals surface area contributed by atoms with E-state index in [1.54, 1.807) is 0 Å². The van der Waals surface area contributed by atoms with E-state index >= 15 is 0 Å². The SMILES string of the molecule is C=CCNS(=O)(=O)c1cc(S(N)(=O)=O)c(Cl)cc1N/C=C/C(C)=O. The van der Waals surface area contributed by atoms with Crippen LogP contribution in [0.5, 0.6) is 0 Å². The lowest BCUT2D eigenvalue weighted by Gasteiger charge is -2.13. The summed E-state index contributed by atoms with van der Waals surface area (Å²) in [5, 5.41) is 7.35. The molecule has 0 saturated heterocycles. The van der Waals surface area contributed by atoms with Crippen molar-refractivity contribution in [3.63, 3.8) is 0 Å². The standard InChI is InChI=1S/C13H16ClN3O5S2/c1-3-5-17-24(21,22)13-8-12(23(15,19)20)10(14)7-11(13)16-6-4-9(2)18/h3-4,6-8,16-17H,1,5H2,2H3,(H2,15,19,20)/b6-4+. The molecule has 0 atom stereocenters. The molecule has 0 fully saturated rings. The van der Waals surface area contributed by atoms with E-state index in [0.29, 0.717) is 0 Å². The molecule has 132 valence electrons. The summed E-state index contributed by atoms with van der Waals surface area (Å²) in [6.07, 6.45) is 3.68. The zero-order valence-electron chi connectivity index (χ0n) is 12.6. The van der Waals surface area contributed by atoms with Crippen LogP contribution < -0.4 is 15.2 Å². The van der Waals surface area contributed by atoms with Crippen molar-refractivity contribution in [2.75, 3.05) is 11.9 Å². The van der Waals surface area contributed by atoms with Crippen LogP contribution in [-0.2, 0) is 24.8 Å². The van der Waals surface area contributed by atoms with Crippen molar-refractivity contribution in [1.82, 2.24) is 4.72 Å². The first-order valence-electron chi connectivity index (χ1n) is 6.39. The number of hydrogen-bond donors (Lipinski definition) is 3. The van der Waals surface area contributed by atoms with Gasteiger partial charge in [0.15, 0.2) is 5.78 Å². The molecule has 0 radical (unpaired) electrons. The number of carbonyl (C=O) groups is 1. The third kappa shape index (κ3) is 5.42. The van der Waals surface area contributed by atoms with E-state index in [1.807, 2.05) is 0 Å². The summed E-state index contributed by atoms with van der Waals surface area (Å²) in [4.78, 5) is 9.98. The number of halogens is 1. The predicted octanol–water partition coefficient (Wildman–Crippen LogP) is 0.966. The Morgan fingerprint density at radius 1 is 1.29 bits per heavy atom. The molecule has 0 aliphatic carbocycles. The van der Waals surface area contributed by atoms with E-state index in [1.165, 1.54) is 19.2 Å². The number of rotatable bonds is 8. The van der Waals surface area contributed by atoms with Gasteiger partial charge in [-0.25, -0.2) is 26.7 Å². The molecule has 0 aromatic heterocycles.